The highest BCUT2D eigenvalue weighted by atomic mass is 15.1. The Morgan fingerprint density at radius 3 is 0.875 bits per heavy atom. The van der Waals surface area contributed by atoms with Crippen LogP contribution in [0.3, 0.4) is 0 Å². The van der Waals surface area contributed by atoms with Crippen LogP contribution in [0.25, 0.3) is 55.0 Å². The summed E-state index contributed by atoms with van der Waals surface area (Å²) >= 11 is 0. The molecule has 0 fully saturated rings. The summed E-state index contributed by atoms with van der Waals surface area (Å²) in [6, 6.07) is 50.7. The highest BCUT2D eigenvalue weighted by molar-refractivity contribution is 6.10. The molecule has 0 unspecified atom stereocenters. The van der Waals surface area contributed by atoms with E-state index >= 15 is 0 Å². The topological polar surface area (TPSA) is 34.6 Å². The van der Waals surface area contributed by atoms with Crippen LogP contribution >= 0.6 is 0 Å². The molecule has 0 aliphatic carbocycles. The van der Waals surface area contributed by atoms with Gasteiger partial charge in [0.05, 0.1) is 33.4 Å². The maximum Gasteiger partial charge on any atom is 0.0858 e. The largest absolute Gasteiger partial charge is 0.309 e. The van der Waals surface area contributed by atoms with E-state index in [2.05, 4.69) is 141 Å². The van der Waals surface area contributed by atoms with Gasteiger partial charge in [0.25, 0.3) is 0 Å². The van der Waals surface area contributed by atoms with E-state index in [-0.39, 0.29) is 0 Å². The SMILES string of the molecule is c1ccc2c(c1)c1ccccc1n2-c1ccc(N=Nc2ccc(-n3c4ccccc4c4ccccc43)cc2)cc1. The summed E-state index contributed by atoms with van der Waals surface area (Å²) in [7, 11) is 0. The monoisotopic (exact) mass is 512 g/mol. The normalized spacial score (nSPS) is 11.9. The Balaban J connectivity index is 1.10. The van der Waals surface area contributed by atoms with Gasteiger partial charge in [0.2, 0.25) is 0 Å². The van der Waals surface area contributed by atoms with Gasteiger partial charge in [-0.2, -0.15) is 10.2 Å². The summed E-state index contributed by atoms with van der Waals surface area (Å²) in [6.07, 6.45) is 0. The van der Waals surface area contributed by atoms with Gasteiger partial charge in [0.1, 0.15) is 0 Å². The van der Waals surface area contributed by atoms with Crippen molar-refractivity contribution >= 4 is 55.0 Å². The lowest BCUT2D eigenvalue weighted by atomic mass is 10.2. The minimum Gasteiger partial charge on any atom is -0.309 e. The molecular formula is C36H24N4. The van der Waals surface area contributed by atoms with Crippen LogP contribution < -0.4 is 0 Å². The van der Waals surface area contributed by atoms with E-state index in [4.69, 9.17) is 0 Å². The van der Waals surface area contributed by atoms with E-state index in [0.29, 0.717) is 0 Å². The molecule has 0 atom stereocenters. The highest BCUT2D eigenvalue weighted by Gasteiger charge is 2.12. The molecule has 4 heteroatoms. The lowest BCUT2D eigenvalue weighted by Crippen LogP contribution is -1.92. The number of azo groups is 1. The molecule has 8 aromatic rings. The van der Waals surface area contributed by atoms with Gasteiger partial charge in [-0.25, -0.2) is 0 Å². The molecule has 2 heterocycles. The minimum atomic E-state index is 0.816. The van der Waals surface area contributed by atoms with Crippen LogP contribution in [0.5, 0.6) is 0 Å². The first kappa shape index (κ1) is 22.5. The maximum atomic E-state index is 4.52. The van der Waals surface area contributed by atoms with Crippen molar-refractivity contribution in [2.45, 2.75) is 0 Å². The number of para-hydroxylation sites is 4. The van der Waals surface area contributed by atoms with Crippen LogP contribution in [0.2, 0.25) is 0 Å². The van der Waals surface area contributed by atoms with Crippen LogP contribution in [0.15, 0.2) is 156 Å². The molecule has 188 valence electrons. The number of hydrogen-bond donors (Lipinski definition) is 0. The fourth-order valence-electron chi connectivity index (χ4n) is 5.85. The fraction of sp³-hybridized carbons (Fsp3) is 0. The Hall–Kier alpha value is -5.48. The van der Waals surface area contributed by atoms with Crippen molar-refractivity contribution in [1.82, 2.24) is 9.13 Å². The Morgan fingerprint density at radius 1 is 0.300 bits per heavy atom. The molecule has 0 spiro atoms. The van der Waals surface area contributed by atoms with Crippen molar-refractivity contribution in [2.24, 2.45) is 10.2 Å². The molecule has 6 aromatic carbocycles. The fourth-order valence-corrected chi connectivity index (χ4v) is 5.85. The molecule has 0 bridgehead atoms. The molecule has 0 saturated heterocycles. The summed E-state index contributed by atoms with van der Waals surface area (Å²) < 4.78 is 4.61. The third kappa shape index (κ3) is 3.54. The minimum absolute atomic E-state index is 0.816. The number of aromatic nitrogens is 2. The molecule has 0 saturated carbocycles. The van der Waals surface area contributed by atoms with Gasteiger partial charge in [0.15, 0.2) is 0 Å². The van der Waals surface area contributed by atoms with Crippen molar-refractivity contribution in [3.05, 3.63) is 146 Å². The summed E-state index contributed by atoms with van der Waals surface area (Å²) in [5.74, 6) is 0. The van der Waals surface area contributed by atoms with Gasteiger partial charge in [-0.05, 0) is 72.8 Å². The van der Waals surface area contributed by atoms with Gasteiger partial charge in [-0.1, -0.05) is 72.8 Å². The van der Waals surface area contributed by atoms with Crippen LogP contribution in [0, 0.1) is 0 Å². The van der Waals surface area contributed by atoms with Gasteiger partial charge in [0, 0.05) is 32.9 Å². The standard InChI is InChI=1S/C36H24N4/c1-5-13-33-29(9-1)30-10-2-6-14-34(30)39(33)27-21-17-25(18-22-27)37-38-26-19-23-28(24-20-26)40-35-15-7-3-11-31(35)32-12-4-8-16-36(32)40/h1-24H. The first-order chi connectivity index (χ1) is 19.8. The first-order valence-corrected chi connectivity index (χ1v) is 13.4. The van der Waals surface area contributed by atoms with Gasteiger partial charge < -0.3 is 9.13 Å². The van der Waals surface area contributed by atoms with Crippen LogP contribution in [0.4, 0.5) is 11.4 Å². The molecule has 8 rings (SSSR count). The number of benzene rings is 6. The highest BCUT2D eigenvalue weighted by Crippen LogP contribution is 2.34. The molecule has 0 N–H and O–H groups in total. The molecule has 0 aliphatic rings. The molecule has 4 nitrogen and oxygen atoms in total. The Kier molecular flexibility index (Phi) is 5.10. The van der Waals surface area contributed by atoms with Crippen molar-refractivity contribution in [3.8, 4) is 11.4 Å². The molecule has 2 aromatic heterocycles. The smallest absolute Gasteiger partial charge is 0.0858 e. The van der Waals surface area contributed by atoms with Crippen LogP contribution in [-0.4, -0.2) is 9.13 Å². The number of nitrogens with zero attached hydrogens (tertiary/aromatic N) is 4. The molecule has 0 radical (unpaired) electrons. The van der Waals surface area contributed by atoms with E-state index in [0.717, 1.165) is 22.7 Å². The zero-order valence-corrected chi connectivity index (χ0v) is 21.6. The van der Waals surface area contributed by atoms with E-state index in [9.17, 15) is 0 Å². The Labute approximate surface area is 231 Å². The molecule has 40 heavy (non-hydrogen) atoms. The zero-order valence-electron chi connectivity index (χ0n) is 21.6. The van der Waals surface area contributed by atoms with Crippen LogP contribution in [0.1, 0.15) is 0 Å². The van der Waals surface area contributed by atoms with Crippen molar-refractivity contribution < 1.29 is 0 Å². The van der Waals surface area contributed by atoms with Gasteiger partial charge in [-0.3, -0.25) is 0 Å². The molecule has 0 amide bonds. The van der Waals surface area contributed by atoms with Crippen molar-refractivity contribution in [1.29, 1.82) is 0 Å². The number of rotatable bonds is 4. The predicted octanol–water partition coefficient (Wildman–Crippen LogP) is 10.3. The Bertz CT molecular complexity index is 1930. The lowest BCUT2D eigenvalue weighted by molar-refractivity contribution is 1.16. The van der Waals surface area contributed by atoms with Gasteiger partial charge in [-0.15, -0.1) is 0 Å². The van der Waals surface area contributed by atoms with Crippen molar-refractivity contribution in [3.63, 3.8) is 0 Å². The average molecular weight is 513 g/mol. The summed E-state index contributed by atoms with van der Waals surface area (Å²) in [4.78, 5) is 0. The lowest BCUT2D eigenvalue weighted by Gasteiger charge is -2.08. The quantitative estimate of drug-likeness (QED) is 0.210. The second kappa shape index (κ2) is 9.07. The Morgan fingerprint density at radius 2 is 0.575 bits per heavy atom. The second-order valence-corrected chi connectivity index (χ2v) is 9.97. The van der Waals surface area contributed by atoms with Crippen LogP contribution in [-0.2, 0) is 0 Å². The average Bonchev–Trinajstić information content (AvgIpc) is 3.54. The predicted molar refractivity (Wildman–Crippen MR) is 166 cm³/mol. The second-order valence-electron chi connectivity index (χ2n) is 9.97. The molecular weight excluding hydrogens is 488 g/mol. The van der Waals surface area contributed by atoms with Crippen molar-refractivity contribution in [2.75, 3.05) is 0 Å². The summed E-state index contributed by atoms with van der Waals surface area (Å²) in [5.41, 5.74) is 8.62. The van der Waals surface area contributed by atoms with Gasteiger partial charge >= 0.3 is 0 Å². The van der Waals surface area contributed by atoms with E-state index in [1.807, 2.05) is 24.3 Å². The maximum absolute atomic E-state index is 4.52. The third-order valence-corrected chi connectivity index (χ3v) is 7.66. The van der Waals surface area contributed by atoms with E-state index < -0.39 is 0 Å². The first-order valence-electron chi connectivity index (χ1n) is 13.4. The zero-order chi connectivity index (χ0) is 26.5. The third-order valence-electron chi connectivity index (χ3n) is 7.66. The summed E-state index contributed by atoms with van der Waals surface area (Å²) in [5, 5.41) is 14.1. The van der Waals surface area contributed by atoms with E-state index in [1.54, 1.807) is 0 Å². The summed E-state index contributed by atoms with van der Waals surface area (Å²) in [6.45, 7) is 0. The number of hydrogen-bond acceptors (Lipinski definition) is 2. The number of fused-ring (bicyclic) bond motifs is 6. The molecule has 0 aliphatic heterocycles. The van der Waals surface area contributed by atoms with E-state index in [1.165, 1.54) is 43.6 Å².